The Labute approximate surface area is 661 Å². The lowest BCUT2D eigenvalue weighted by Crippen LogP contribution is -2.61. The monoisotopic (exact) mass is 1440 g/mol. The topological polar surface area (TPSA) is 11.4 Å². The minimum Gasteiger partial charge on any atom is -0.311 e. The molecule has 2 aliphatic heterocycles. The molecule has 13 aromatic carbocycles. The maximum atomic E-state index is 2.76. The molecule has 4 aliphatic rings. The molecule has 1 spiro atoms. The zero-order valence-corrected chi connectivity index (χ0v) is 69.2. The van der Waals surface area contributed by atoms with Crippen LogP contribution in [0.25, 0.3) is 83.1 Å². The summed E-state index contributed by atoms with van der Waals surface area (Å²) >= 11 is 0. The van der Waals surface area contributed by atoms with Crippen LogP contribution in [-0.4, -0.2) is 11.3 Å². The normalized spacial score (nSPS) is 14.4. The maximum absolute atomic E-state index is 2.76. The van der Waals surface area contributed by atoms with E-state index in [9.17, 15) is 0 Å². The molecule has 0 saturated carbocycles. The van der Waals surface area contributed by atoms with Crippen LogP contribution in [0.1, 0.15) is 207 Å². The van der Waals surface area contributed by atoms with E-state index in [0.717, 1.165) is 17.1 Å². The molecule has 3 heterocycles. The van der Waals surface area contributed by atoms with Gasteiger partial charge in [-0.3, -0.25) is 0 Å². The third-order valence-corrected chi connectivity index (χ3v) is 25.2. The fourth-order valence-corrected chi connectivity index (χ4v) is 18.9. The molecular weight excluding hydrogens is 1340 g/mol. The summed E-state index contributed by atoms with van der Waals surface area (Å²) < 4.78 is 2.62. The number of anilines is 6. The van der Waals surface area contributed by atoms with E-state index in [1.807, 2.05) is 0 Å². The number of hydrogen-bond donors (Lipinski definition) is 0. The lowest BCUT2D eigenvalue weighted by molar-refractivity contribution is 0.568. The highest BCUT2D eigenvalue weighted by molar-refractivity contribution is 7.00. The van der Waals surface area contributed by atoms with E-state index in [-0.39, 0.29) is 44.6 Å². The second-order valence-corrected chi connectivity index (χ2v) is 39.9. The van der Waals surface area contributed by atoms with E-state index in [0.29, 0.717) is 0 Å². The van der Waals surface area contributed by atoms with Crippen molar-refractivity contribution in [3.05, 3.63) is 322 Å². The zero-order valence-electron chi connectivity index (χ0n) is 69.2. The minimum absolute atomic E-state index is 0.105. The number of hydrogen-bond acceptors (Lipinski definition) is 2. The molecule has 2 aliphatic carbocycles. The van der Waals surface area contributed by atoms with Gasteiger partial charge in [0.2, 0.25) is 0 Å². The number of nitrogens with zero attached hydrogens (tertiary/aromatic N) is 3. The molecule has 0 saturated heterocycles. The van der Waals surface area contributed by atoms with Gasteiger partial charge in [0.15, 0.2) is 0 Å². The van der Waals surface area contributed by atoms with Crippen LogP contribution in [0.3, 0.4) is 0 Å². The Morgan fingerprint density at radius 2 is 0.658 bits per heavy atom. The summed E-state index contributed by atoms with van der Waals surface area (Å²) in [7, 11) is 0. The fraction of sp³-hybridized carbons (Fsp3) is 0.271. The molecular formula is C107H106BN3. The summed E-state index contributed by atoms with van der Waals surface area (Å²) in [6, 6.07) is 103. The van der Waals surface area contributed by atoms with Crippen molar-refractivity contribution in [2.45, 2.75) is 189 Å². The number of aromatic nitrogens is 1. The molecule has 3 nitrogen and oxygen atoms in total. The van der Waals surface area contributed by atoms with E-state index in [4.69, 9.17) is 0 Å². The van der Waals surface area contributed by atoms with Gasteiger partial charge in [0, 0.05) is 50.3 Å². The Morgan fingerprint density at radius 3 is 1.14 bits per heavy atom. The SMILES string of the molecule is CC(C)(C)c1cc(-c2cc(C(C)(C)C)ccc2N2c3ccc(-c4ccccc4)cc3B3c4ccc(-n5c6ccccc6c6cc7c(cc65)C5(c6ccccc6-c6ccccc65)c5ccccc5-7)cc4N(c4ccc(C(C)(C)C)cc4-c4cc(C(C)(C)C)cc(C(C)(C)C)c4)c4cc(C(C)(C)C)cc2c43)cc(C(C)(C)C)c1. The van der Waals surface area contributed by atoms with Crippen molar-refractivity contribution in [1.82, 2.24) is 4.57 Å². The highest BCUT2D eigenvalue weighted by atomic mass is 15.2. The van der Waals surface area contributed by atoms with Gasteiger partial charge in [-0.25, -0.2) is 0 Å². The van der Waals surface area contributed by atoms with Gasteiger partial charge in [-0.05, 0) is 233 Å². The van der Waals surface area contributed by atoms with Gasteiger partial charge in [-0.2, -0.15) is 0 Å². The number of para-hydroxylation sites is 1. The van der Waals surface area contributed by atoms with Crippen LogP contribution in [0.15, 0.2) is 261 Å². The predicted octanol–water partition coefficient (Wildman–Crippen LogP) is 27.3. The van der Waals surface area contributed by atoms with Crippen LogP contribution >= 0.6 is 0 Å². The molecule has 0 amide bonds. The quantitative estimate of drug-likeness (QED) is 0.154. The second kappa shape index (κ2) is 24.7. The fourth-order valence-electron chi connectivity index (χ4n) is 18.9. The van der Waals surface area contributed by atoms with Crippen LogP contribution in [-0.2, 0) is 43.3 Å². The van der Waals surface area contributed by atoms with Gasteiger partial charge in [0.25, 0.3) is 6.71 Å². The van der Waals surface area contributed by atoms with Crippen molar-refractivity contribution in [2.24, 2.45) is 0 Å². The van der Waals surface area contributed by atoms with Crippen molar-refractivity contribution in [3.8, 4) is 61.3 Å². The van der Waals surface area contributed by atoms with Crippen LogP contribution < -0.4 is 26.2 Å². The summed E-state index contributed by atoms with van der Waals surface area (Å²) in [5, 5.41) is 2.48. The molecule has 111 heavy (non-hydrogen) atoms. The molecule has 0 fully saturated rings. The summed E-state index contributed by atoms with van der Waals surface area (Å²) in [5.41, 5.74) is 39.9. The van der Waals surface area contributed by atoms with Gasteiger partial charge in [0.1, 0.15) is 0 Å². The zero-order chi connectivity index (χ0) is 77.9. The Kier molecular flexibility index (Phi) is 16.0. The van der Waals surface area contributed by atoms with E-state index >= 15 is 0 Å². The Bertz CT molecular complexity index is 6090. The number of rotatable bonds is 6. The molecule has 4 heteroatoms. The van der Waals surface area contributed by atoms with Crippen molar-refractivity contribution >= 4 is 79.0 Å². The molecule has 1 aromatic heterocycles. The molecule has 14 aromatic rings. The summed E-state index contributed by atoms with van der Waals surface area (Å²) in [5.74, 6) is 0. The lowest BCUT2D eigenvalue weighted by Gasteiger charge is -2.46. The maximum Gasteiger partial charge on any atom is 0.252 e. The van der Waals surface area contributed by atoms with Crippen LogP contribution in [0, 0.1) is 0 Å². The van der Waals surface area contributed by atoms with Crippen LogP contribution in [0.5, 0.6) is 0 Å². The largest absolute Gasteiger partial charge is 0.311 e. The van der Waals surface area contributed by atoms with Crippen LogP contribution in [0.4, 0.5) is 34.1 Å². The number of benzene rings is 13. The lowest BCUT2D eigenvalue weighted by atomic mass is 9.33. The van der Waals surface area contributed by atoms with E-state index in [1.165, 1.54) is 178 Å². The Balaban J connectivity index is 0.983. The molecule has 0 bridgehead atoms. The molecule has 18 rings (SSSR count). The first-order valence-electron chi connectivity index (χ1n) is 40.6. The summed E-state index contributed by atoms with van der Waals surface area (Å²) in [6.07, 6.45) is 0. The third-order valence-electron chi connectivity index (χ3n) is 25.2. The van der Waals surface area contributed by atoms with Crippen molar-refractivity contribution in [1.29, 1.82) is 0 Å². The van der Waals surface area contributed by atoms with Gasteiger partial charge in [0.05, 0.1) is 27.8 Å². The second-order valence-electron chi connectivity index (χ2n) is 39.9. The first kappa shape index (κ1) is 71.9. The predicted molar refractivity (Wildman–Crippen MR) is 478 cm³/mol. The summed E-state index contributed by atoms with van der Waals surface area (Å²) in [6.45, 7) is 49.8. The summed E-state index contributed by atoms with van der Waals surface area (Å²) in [4.78, 5) is 5.47. The Morgan fingerprint density at radius 1 is 0.234 bits per heavy atom. The average Bonchev–Trinajstić information content (AvgIpc) is 1.47. The first-order valence-corrected chi connectivity index (χ1v) is 40.6. The van der Waals surface area contributed by atoms with E-state index < -0.39 is 5.41 Å². The van der Waals surface area contributed by atoms with Crippen LogP contribution in [0.2, 0.25) is 0 Å². The van der Waals surface area contributed by atoms with Gasteiger partial charge >= 0.3 is 0 Å². The molecule has 0 radical (unpaired) electrons. The highest BCUT2D eigenvalue weighted by Crippen LogP contribution is 2.64. The van der Waals surface area contributed by atoms with Crippen molar-refractivity contribution in [2.75, 3.05) is 9.80 Å². The average molecular weight is 1440 g/mol. The molecule has 552 valence electrons. The molecule has 0 N–H and O–H groups in total. The minimum atomic E-state index is -0.526. The first-order chi connectivity index (χ1) is 52.5. The van der Waals surface area contributed by atoms with E-state index in [2.05, 4.69) is 421 Å². The third kappa shape index (κ3) is 11.4. The number of fused-ring (bicyclic) bond motifs is 17. The molecule has 0 unspecified atom stereocenters. The smallest absolute Gasteiger partial charge is 0.252 e. The Hall–Kier alpha value is -10.7. The highest BCUT2D eigenvalue weighted by Gasteiger charge is 2.53. The molecule has 0 atom stereocenters. The van der Waals surface area contributed by atoms with Gasteiger partial charge < -0.3 is 14.4 Å². The van der Waals surface area contributed by atoms with E-state index in [1.54, 1.807) is 0 Å². The van der Waals surface area contributed by atoms with Crippen molar-refractivity contribution in [3.63, 3.8) is 0 Å². The standard InChI is InChI=1S/C107H106BN3/c1-100(2,3)69-44-49-92(81(58-69)67-51-71(102(7,8)9)56-72(52-67)103(10,11)12)110-94-48-43-66(65-33-23-22-24-34-65)55-90(94)108-89-47-46-76(109-91-42-32-28-38-80(91)84-63-83-79-37-27-31-41-87(79)107(88(83)64-95(84)109)85-39-29-25-35-77(85)78-36-26-30-40-86(78)107)62-96(89)111(98-61-75(106(19,20)21)60-97(110)99(98)108)93-50-45-70(101(4,5)6)59-82(93)68-53-73(104(13,14)15)57-74(54-68)105(16,17)18/h22-64H,1-21H3. The van der Waals surface area contributed by atoms with Gasteiger partial charge in [-0.1, -0.05) is 333 Å². The van der Waals surface area contributed by atoms with Crippen molar-refractivity contribution < 1.29 is 0 Å². The van der Waals surface area contributed by atoms with Gasteiger partial charge in [-0.15, -0.1) is 0 Å².